The van der Waals surface area contributed by atoms with Gasteiger partial charge in [-0.2, -0.15) is 0 Å². The summed E-state index contributed by atoms with van der Waals surface area (Å²) in [7, 11) is 3.43. The van der Waals surface area contributed by atoms with Gasteiger partial charge in [-0.1, -0.05) is 6.07 Å². The number of carbonyl (C=O) groups excluding carboxylic acids is 5. The quantitative estimate of drug-likeness (QED) is 0.240. The zero-order valence-electron chi connectivity index (χ0n) is 19.9. The van der Waals surface area contributed by atoms with Gasteiger partial charge in [0, 0.05) is 32.2 Å². The third-order valence-electron chi connectivity index (χ3n) is 5.73. The first-order valence-corrected chi connectivity index (χ1v) is 11.5. The van der Waals surface area contributed by atoms with Crippen LogP contribution in [0.1, 0.15) is 33.6 Å². The van der Waals surface area contributed by atoms with E-state index in [9.17, 15) is 24.0 Å². The summed E-state index contributed by atoms with van der Waals surface area (Å²) in [4.78, 5) is 63.7. The lowest BCUT2D eigenvalue weighted by atomic mass is 10.0. The third-order valence-corrected chi connectivity index (χ3v) is 5.73. The van der Waals surface area contributed by atoms with Crippen LogP contribution in [0.25, 0.3) is 0 Å². The fourth-order valence-corrected chi connectivity index (χ4v) is 3.85. The average Bonchev–Trinajstić information content (AvgIpc) is 3.08. The Kier molecular flexibility index (Phi) is 9.29. The molecule has 1 unspecified atom stereocenters. The van der Waals surface area contributed by atoms with Gasteiger partial charge in [0.15, 0.2) is 0 Å². The second-order valence-electron chi connectivity index (χ2n) is 8.17. The number of nitrogens with zero attached hydrogens (tertiary/aromatic N) is 2. The molecule has 1 atom stereocenters. The molecule has 0 aliphatic carbocycles. The number of hydrogen-bond acceptors (Lipinski definition) is 9. The Balaban J connectivity index is 1.41. The molecule has 2 aliphatic rings. The van der Waals surface area contributed by atoms with Gasteiger partial charge in [0.1, 0.15) is 6.04 Å². The Hall–Kier alpha value is -3.35. The molecule has 3 rings (SSSR count). The summed E-state index contributed by atoms with van der Waals surface area (Å²) >= 11 is 0. The topological polar surface area (TPSA) is 146 Å². The molecule has 2 heterocycles. The molecule has 12 nitrogen and oxygen atoms in total. The van der Waals surface area contributed by atoms with E-state index in [0.29, 0.717) is 45.2 Å². The standard InChI is InChI=1S/C23H31N5O7/c1-24-14-19(30)27(2)9-11-35-13-12-34-10-8-25-16-5-3-4-15-20(16)23(33)28(22(15)32)17-6-7-18(29)26-21(17)31/h3-5,17,24-25H,6-14H2,1-2H3,(H,26,29,31). The summed E-state index contributed by atoms with van der Waals surface area (Å²) in [6, 6.07) is 3.89. The first kappa shape index (κ1) is 26.3. The van der Waals surface area contributed by atoms with E-state index in [-0.39, 0.29) is 36.4 Å². The van der Waals surface area contributed by atoms with Gasteiger partial charge in [0.05, 0.1) is 44.1 Å². The van der Waals surface area contributed by atoms with Gasteiger partial charge in [0.25, 0.3) is 11.8 Å². The SMILES string of the molecule is CNCC(=O)N(C)CCOCCOCCNc1cccc2c1C(=O)N(C1CCC(=O)NC1=O)C2=O. The molecule has 1 aromatic carbocycles. The van der Waals surface area contributed by atoms with Gasteiger partial charge in [-0.05, 0) is 25.6 Å². The van der Waals surface area contributed by atoms with Crippen molar-refractivity contribution in [1.82, 2.24) is 20.4 Å². The van der Waals surface area contributed by atoms with Crippen molar-refractivity contribution < 1.29 is 33.4 Å². The predicted octanol–water partition coefficient (Wildman–Crippen LogP) is -0.789. The minimum atomic E-state index is -1.00. The number of rotatable bonds is 13. The molecule has 1 fully saturated rings. The van der Waals surface area contributed by atoms with Crippen LogP contribution in [-0.4, -0.2) is 106 Å². The van der Waals surface area contributed by atoms with Gasteiger partial charge in [0.2, 0.25) is 17.7 Å². The van der Waals surface area contributed by atoms with Crippen molar-refractivity contribution >= 4 is 35.2 Å². The van der Waals surface area contributed by atoms with E-state index in [1.165, 1.54) is 0 Å². The van der Waals surface area contributed by atoms with Crippen molar-refractivity contribution in [3.05, 3.63) is 29.3 Å². The Morgan fingerprint density at radius 2 is 1.86 bits per heavy atom. The molecule has 0 radical (unpaired) electrons. The number of likely N-dealkylation sites (N-methyl/N-ethyl adjacent to an activating group) is 2. The number of anilines is 1. The maximum atomic E-state index is 13.0. The van der Waals surface area contributed by atoms with Crippen molar-refractivity contribution in [3.8, 4) is 0 Å². The summed E-state index contributed by atoms with van der Waals surface area (Å²) in [5, 5.41) is 8.10. The third kappa shape index (κ3) is 6.41. The van der Waals surface area contributed by atoms with Crippen molar-refractivity contribution in [2.24, 2.45) is 0 Å². The zero-order valence-corrected chi connectivity index (χ0v) is 19.9. The van der Waals surface area contributed by atoms with Gasteiger partial charge in [-0.3, -0.25) is 34.2 Å². The minimum absolute atomic E-state index is 0.00812. The molecule has 3 N–H and O–H groups in total. The molecule has 0 aromatic heterocycles. The van der Waals surface area contributed by atoms with Crippen molar-refractivity contribution in [3.63, 3.8) is 0 Å². The van der Waals surface area contributed by atoms with Gasteiger partial charge in [-0.15, -0.1) is 0 Å². The molecule has 1 aromatic rings. The number of imide groups is 2. The number of fused-ring (bicyclic) bond motifs is 1. The van der Waals surface area contributed by atoms with Crippen molar-refractivity contribution in [1.29, 1.82) is 0 Å². The van der Waals surface area contributed by atoms with Crippen LogP contribution in [-0.2, 0) is 23.9 Å². The lowest BCUT2D eigenvalue weighted by Gasteiger charge is -2.27. The van der Waals surface area contributed by atoms with E-state index in [1.807, 2.05) is 0 Å². The highest BCUT2D eigenvalue weighted by Gasteiger charge is 2.45. The van der Waals surface area contributed by atoms with Crippen LogP contribution < -0.4 is 16.0 Å². The summed E-state index contributed by atoms with van der Waals surface area (Å²) in [5.41, 5.74) is 0.907. The number of piperidine rings is 1. The fourth-order valence-electron chi connectivity index (χ4n) is 3.85. The highest BCUT2D eigenvalue weighted by molar-refractivity contribution is 6.25. The Bertz CT molecular complexity index is 983. The molecule has 0 spiro atoms. The molecular weight excluding hydrogens is 458 g/mol. The summed E-state index contributed by atoms with van der Waals surface area (Å²) in [5.74, 6) is -2.17. The molecule has 35 heavy (non-hydrogen) atoms. The van der Waals surface area contributed by atoms with Gasteiger partial charge >= 0.3 is 0 Å². The van der Waals surface area contributed by atoms with Crippen LogP contribution in [0.4, 0.5) is 5.69 Å². The Labute approximate surface area is 203 Å². The van der Waals surface area contributed by atoms with E-state index in [4.69, 9.17) is 9.47 Å². The minimum Gasteiger partial charge on any atom is -0.382 e. The Morgan fingerprint density at radius 1 is 1.11 bits per heavy atom. The number of carbonyl (C=O) groups is 5. The van der Waals surface area contributed by atoms with Gasteiger partial charge < -0.3 is 25.0 Å². The van der Waals surface area contributed by atoms with Gasteiger partial charge in [-0.25, -0.2) is 0 Å². The second-order valence-corrected chi connectivity index (χ2v) is 8.17. The number of ether oxygens (including phenoxy) is 2. The summed E-state index contributed by atoms with van der Waals surface area (Å²) < 4.78 is 11.0. The smallest absolute Gasteiger partial charge is 0.264 e. The van der Waals surface area contributed by atoms with Crippen molar-refractivity contribution in [2.45, 2.75) is 18.9 Å². The molecule has 12 heteroatoms. The highest BCUT2D eigenvalue weighted by Crippen LogP contribution is 2.32. The molecule has 1 saturated heterocycles. The van der Waals surface area contributed by atoms with Crippen LogP contribution in [0.3, 0.4) is 0 Å². The van der Waals surface area contributed by atoms with Crippen LogP contribution in [0.15, 0.2) is 18.2 Å². The lowest BCUT2D eigenvalue weighted by Crippen LogP contribution is -2.54. The number of nitrogens with one attached hydrogen (secondary N) is 3. The van der Waals surface area contributed by atoms with E-state index >= 15 is 0 Å². The first-order chi connectivity index (χ1) is 16.8. The molecule has 190 valence electrons. The van der Waals surface area contributed by atoms with Crippen LogP contribution in [0.2, 0.25) is 0 Å². The average molecular weight is 490 g/mol. The number of amides is 5. The summed E-state index contributed by atoms with van der Waals surface area (Å²) in [6.45, 7) is 2.65. The first-order valence-electron chi connectivity index (χ1n) is 11.5. The van der Waals surface area contributed by atoms with Crippen LogP contribution in [0, 0.1) is 0 Å². The van der Waals surface area contributed by atoms with E-state index in [2.05, 4.69) is 16.0 Å². The zero-order chi connectivity index (χ0) is 25.4. The molecule has 5 amide bonds. The van der Waals surface area contributed by atoms with E-state index in [0.717, 1.165) is 4.90 Å². The highest BCUT2D eigenvalue weighted by atomic mass is 16.5. The Morgan fingerprint density at radius 3 is 2.57 bits per heavy atom. The largest absolute Gasteiger partial charge is 0.382 e. The van der Waals surface area contributed by atoms with Crippen LogP contribution in [0.5, 0.6) is 0 Å². The monoisotopic (exact) mass is 489 g/mol. The number of benzene rings is 1. The van der Waals surface area contributed by atoms with E-state index in [1.54, 1.807) is 37.2 Å². The number of hydrogen-bond donors (Lipinski definition) is 3. The molecule has 0 bridgehead atoms. The van der Waals surface area contributed by atoms with Crippen LogP contribution >= 0.6 is 0 Å². The predicted molar refractivity (Wildman–Crippen MR) is 125 cm³/mol. The second kappa shape index (κ2) is 12.4. The normalized spacial score (nSPS) is 17.4. The van der Waals surface area contributed by atoms with Crippen molar-refractivity contribution in [2.75, 3.05) is 65.5 Å². The fraction of sp³-hybridized carbons (Fsp3) is 0.522. The molecule has 2 aliphatic heterocycles. The van der Waals surface area contributed by atoms with E-state index < -0.39 is 29.7 Å². The molecule has 0 saturated carbocycles. The maximum Gasteiger partial charge on any atom is 0.264 e. The maximum absolute atomic E-state index is 13.0. The molecular formula is C23H31N5O7. The lowest BCUT2D eigenvalue weighted by molar-refractivity contribution is -0.136. The summed E-state index contributed by atoms with van der Waals surface area (Å²) in [6.07, 6.45) is 0.179.